The zero-order chi connectivity index (χ0) is 15.2. The largest absolute Gasteiger partial charge is 0.400 e. The van der Waals surface area contributed by atoms with Gasteiger partial charge in [-0.05, 0) is 36.9 Å². The highest BCUT2D eigenvalue weighted by Gasteiger charge is 2.43. The standard InChI is InChI=1S/C16H31NOSi/c1-12(2)9-10-19(14(5)6,15(7)8)18-16(11-17)13(3)4/h9,13-16H,10H2,1-8H3. The Hall–Kier alpha value is -0.593. The van der Waals surface area contributed by atoms with E-state index in [2.05, 4.69) is 67.5 Å². The molecule has 0 heterocycles. The first-order chi connectivity index (χ1) is 8.67. The maximum absolute atomic E-state index is 9.33. The Kier molecular flexibility index (Phi) is 7.62. The fraction of sp³-hybridized carbons (Fsp3) is 0.812. The molecule has 0 saturated carbocycles. The van der Waals surface area contributed by atoms with Crippen molar-refractivity contribution in [2.45, 2.75) is 78.6 Å². The van der Waals surface area contributed by atoms with Crippen molar-refractivity contribution in [2.24, 2.45) is 5.92 Å². The molecule has 0 rings (SSSR count). The molecule has 0 fully saturated rings. The van der Waals surface area contributed by atoms with Gasteiger partial charge >= 0.3 is 0 Å². The average Bonchev–Trinajstić information content (AvgIpc) is 2.27. The van der Waals surface area contributed by atoms with E-state index in [1.54, 1.807) is 0 Å². The average molecular weight is 282 g/mol. The van der Waals surface area contributed by atoms with Crippen molar-refractivity contribution in [3.05, 3.63) is 11.6 Å². The van der Waals surface area contributed by atoms with Crippen molar-refractivity contribution in [3.63, 3.8) is 0 Å². The summed E-state index contributed by atoms with van der Waals surface area (Å²) >= 11 is 0. The molecule has 1 atom stereocenters. The second-order valence-corrected chi connectivity index (χ2v) is 11.5. The van der Waals surface area contributed by atoms with E-state index in [4.69, 9.17) is 4.43 Å². The van der Waals surface area contributed by atoms with Gasteiger partial charge in [0.05, 0.1) is 6.07 Å². The summed E-state index contributed by atoms with van der Waals surface area (Å²) in [5.74, 6) is 0.251. The SMILES string of the molecule is CC(C)=CC[Si](OC(C#N)C(C)C)(C(C)C)C(C)C. The minimum atomic E-state index is -1.96. The van der Waals surface area contributed by atoms with Gasteiger partial charge in [0.1, 0.15) is 6.10 Å². The Labute approximate surface area is 121 Å². The van der Waals surface area contributed by atoms with Crippen molar-refractivity contribution >= 4 is 8.32 Å². The van der Waals surface area contributed by atoms with E-state index in [9.17, 15) is 5.26 Å². The molecule has 0 amide bonds. The summed E-state index contributed by atoms with van der Waals surface area (Å²) in [6.07, 6.45) is 2.02. The Bertz CT molecular complexity index is 327. The van der Waals surface area contributed by atoms with Crippen LogP contribution >= 0.6 is 0 Å². The molecule has 0 aliphatic rings. The van der Waals surface area contributed by atoms with Crippen LogP contribution in [0.1, 0.15) is 55.4 Å². The van der Waals surface area contributed by atoms with Crippen molar-refractivity contribution in [1.82, 2.24) is 0 Å². The Balaban J connectivity index is 5.36. The molecule has 110 valence electrons. The van der Waals surface area contributed by atoms with Crippen LogP contribution in [-0.2, 0) is 4.43 Å². The molecule has 0 radical (unpaired) electrons. The Morgan fingerprint density at radius 3 is 1.84 bits per heavy atom. The summed E-state index contributed by atoms with van der Waals surface area (Å²) in [5, 5.41) is 9.33. The number of hydrogen-bond donors (Lipinski definition) is 0. The maximum atomic E-state index is 9.33. The summed E-state index contributed by atoms with van der Waals surface area (Å²) in [7, 11) is -1.96. The summed E-state index contributed by atoms with van der Waals surface area (Å²) in [6.45, 7) is 17.4. The molecule has 0 saturated heterocycles. The van der Waals surface area contributed by atoms with Crippen LogP contribution < -0.4 is 0 Å². The van der Waals surface area contributed by atoms with E-state index in [-0.39, 0.29) is 12.0 Å². The summed E-state index contributed by atoms with van der Waals surface area (Å²) in [5.41, 5.74) is 2.36. The first-order valence-electron chi connectivity index (χ1n) is 7.38. The van der Waals surface area contributed by atoms with Crippen molar-refractivity contribution in [1.29, 1.82) is 5.26 Å². The van der Waals surface area contributed by atoms with Crippen LogP contribution in [0.15, 0.2) is 11.6 Å². The molecule has 1 unspecified atom stereocenters. The molecular formula is C16H31NOSi. The van der Waals surface area contributed by atoms with E-state index in [1.807, 2.05) is 0 Å². The summed E-state index contributed by atoms with van der Waals surface area (Å²) in [4.78, 5) is 0. The molecule has 0 bridgehead atoms. The third-order valence-corrected chi connectivity index (χ3v) is 9.31. The molecule has 0 aromatic rings. The zero-order valence-corrected chi connectivity index (χ0v) is 14.9. The maximum Gasteiger partial charge on any atom is 0.203 e. The lowest BCUT2D eigenvalue weighted by Gasteiger charge is -2.40. The number of rotatable bonds is 7. The van der Waals surface area contributed by atoms with Crippen LogP contribution in [0.3, 0.4) is 0 Å². The first kappa shape index (κ1) is 18.4. The fourth-order valence-electron chi connectivity index (χ4n) is 2.37. The van der Waals surface area contributed by atoms with E-state index >= 15 is 0 Å². The van der Waals surface area contributed by atoms with Crippen LogP contribution in [0, 0.1) is 17.2 Å². The molecule has 0 N–H and O–H groups in total. The molecule has 19 heavy (non-hydrogen) atoms. The Morgan fingerprint density at radius 1 is 1.11 bits per heavy atom. The van der Waals surface area contributed by atoms with Crippen LogP contribution in [0.2, 0.25) is 17.1 Å². The van der Waals surface area contributed by atoms with Gasteiger partial charge in [0.2, 0.25) is 8.32 Å². The second kappa shape index (κ2) is 7.87. The zero-order valence-electron chi connectivity index (χ0n) is 13.9. The third-order valence-electron chi connectivity index (χ3n) is 3.86. The minimum Gasteiger partial charge on any atom is -0.400 e. The lowest BCUT2D eigenvalue weighted by Crippen LogP contribution is -2.48. The van der Waals surface area contributed by atoms with Gasteiger partial charge in [0, 0.05) is 0 Å². The first-order valence-corrected chi connectivity index (χ1v) is 9.65. The topological polar surface area (TPSA) is 33.0 Å². The normalized spacial score (nSPS) is 13.8. The summed E-state index contributed by atoms with van der Waals surface area (Å²) in [6, 6.07) is 3.36. The van der Waals surface area contributed by atoms with Crippen molar-refractivity contribution in [2.75, 3.05) is 0 Å². The van der Waals surface area contributed by atoms with Crippen molar-refractivity contribution < 1.29 is 4.43 Å². The lowest BCUT2D eigenvalue weighted by atomic mass is 10.1. The lowest BCUT2D eigenvalue weighted by molar-refractivity contribution is 0.182. The van der Waals surface area contributed by atoms with E-state index in [0.717, 1.165) is 6.04 Å². The molecule has 0 spiro atoms. The number of nitrogens with zero attached hydrogens (tertiary/aromatic N) is 1. The van der Waals surface area contributed by atoms with Gasteiger partial charge in [0.25, 0.3) is 0 Å². The molecule has 0 aromatic carbocycles. The van der Waals surface area contributed by atoms with E-state index in [0.29, 0.717) is 11.1 Å². The number of nitriles is 1. The predicted octanol–water partition coefficient (Wildman–Crippen LogP) is 5.28. The van der Waals surface area contributed by atoms with Gasteiger partial charge in [-0.1, -0.05) is 53.2 Å². The van der Waals surface area contributed by atoms with Gasteiger partial charge in [-0.15, -0.1) is 0 Å². The minimum absolute atomic E-state index is 0.251. The van der Waals surface area contributed by atoms with Crippen LogP contribution in [0.4, 0.5) is 0 Å². The number of hydrogen-bond acceptors (Lipinski definition) is 2. The fourth-order valence-corrected chi connectivity index (χ4v) is 6.81. The smallest absolute Gasteiger partial charge is 0.203 e. The molecule has 0 aromatic heterocycles. The summed E-state index contributed by atoms with van der Waals surface area (Å²) < 4.78 is 6.46. The molecule has 2 nitrogen and oxygen atoms in total. The highest BCUT2D eigenvalue weighted by atomic mass is 28.4. The van der Waals surface area contributed by atoms with Crippen LogP contribution in [-0.4, -0.2) is 14.4 Å². The molecule has 3 heteroatoms. The van der Waals surface area contributed by atoms with Gasteiger partial charge in [-0.2, -0.15) is 5.26 Å². The Morgan fingerprint density at radius 2 is 1.58 bits per heavy atom. The monoisotopic (exact) mass is 281 g/mol. The van der Waals surface area contributed by atoms with Gasteiger partial charge < -0.3 is 4.43 Å². The van der Waals surface area contributed by atoms with Gasteiger partial charge in [-0.3, -0.25) is 0 Å². The second-order valence-electron chi connectivity index (χ2n) is 6.66. The highest BCUT2D eigenvalue weighted by Crippen LogP contribution is 2.39. The quantitative estimate of drug-likeness (QED) is 0.469. The molecular weight excluding hydrogens is 250 g/mol. The molecule has 0 aliphatic carbocycles. The van der Waals surface area contributed by atoms with Crippen molar-refractivity contribution in [3.8, 4) is 6.07 Å². The van der Waals surface area contributed by atoms with Gasteiger partial charge in [0.15, 0.2) is 0 Å². The van der Waals surface area contributed by atoms with E-state index in [1.165, 1.54) is 5.57 Å². The predicted molar refractivity (Wildman–Crippen MR) is 85.5 cm³/mol. The molecule has 0 aliphatic heterocycles. The van der Waals surface area contributed by atoms with Crippen LogP contribution in [0.25, 0.3) is 0 Å². The number of allylic oxidation sites excluding steroid dienone is 2. The van der Waals surface area contributed by atoms with E-state index < -0.39 is 8.32 Å². The highest BCUT2D eigenvalue weighted by molar-refractivity contribution is 6.76. The van der Waals surface area contributed by atoms with Crippen LogP contribution in [0.5, 0.6) is 0 Å². The third kappa shape index (κ3) is 5.12. The van der Waals surface area contributed by atoms with Gasteiger partial charge in [-0.25, -0.2) is 0 Å².